The Morgan fingerprint density at radius 3 is 3.23 bits per heavy atom. The predicted molar refractivity (Wildman–Crippen MR) is 51.7 cm³/mol. The first-order valence-corrected chi connectivity index (χ1v) is 4.87. The Labute approximate surface area is 79.3 Å². The van der Waals surface area contributed by atoms with Crippen LogP contribution in [0.5, 0.6) is 0 Å². The van der Waals surface area contributed by atoms with E-state index in [1.165, 1.54) is 0 Å². The van der Waals surface area contributed by atoms with Crippen LogP contribution in [0.15, 0.2) is 5.16 Å². The summed E-state index contributed by atoms with van der Waals surface area (Å²) in [6, 6.07) is 0. The van der Waals surface area contributed by atoms with Crippen LogP contribution in [0.2, 0.25) is 0 Å². The molecule has 0 aromatic carbocycles. The van der Waals surface area contributed by atoms with Crippen LogP contribution in [0.1, 0.15) is 26.2 Å². The highest BCUT2D eigenvalue weighted by Crippen LogP contribution is 2.10. The molecule has 0 bridgehead atoms. The van der Waals surface area contributed by atoms with E-state index in [2.05, 4.69) is 17.4 Å². The second kappa shape index (κ2) is 5.80. The SMILES string of the molecule is CCCCOC1=NOC(CNC)C1. The Morgan fingerprint density at radius 2 is 2.54 bits per heavy atom. The summed E-state index contributed by atoms with van der Waals surface area (Å²) in [5.74, 6) is 0.744. The first-order valence-electron chi connectivity index (χ1n) is 4.87. The lowest BCUT2D eigenvalue weighted by molar-refractivity contribution is 0.0862. The van der Waals surface area contributed by atoms with E-state index in [4.69, 9.17) is 9.57 Å². The predicted octanol–water partition coefficient (Wildman–Crippen LogP) is 1.12. The Balaban J connectivity index is 2.09. The summed E-state index contributed by atoms with van der Waals surface area (Å²) in [5.41, 5.74) is 0. The average Bonchev–Trinajstić information content (AvgIpc) is 2.54. The molecule has 76 valence electrons. The molecule has 1 N–H and O–H groups in total. The van der Waals surface area contributed by atoms with Crippen molar-refractivity contribution in [1.29, 1.82) is 0 Å². The molecular weight excluding hydrogens is 168 g/mol. The van der Waals surface area contributed by atoms with Crippen LogP contribution < -0.4 is 5.32 Å². The molecule has 4 nitrogen and oxygen atoms in total. The average molecular weight is 186 g/mol. The second-order valence-electron chi connectivity index (χ2n) is 3.18. The first kappa shape index (κ1) is 10.3. The van der Waals surface area contributed by atoms with E-state index in [0.29, 0.717) is 0 Å². The normalized spacial score (nSPS) is 21.1. The summed E-state index contributed by atoms with van der Waals surface area (Å²) >= 11 is 0. The van der Waals surface area contributed by atoms with Crippen LogP contribution in [0.25, 0.3) is 0 Å². The van der Waals surface area contributed by atoms with E-state index >= 15 is 0 Å². The first-order chi connectivity index (χ1) is 6.36. The molecule has 1 atom stereocenters. The van der Waals surface area contributed by atoms with Crippen LogP contribution in [0.4, 0.5) is 0 Å². The van der Waals surface area contributed by atoms with Gasteiger partial charge in [0.25, 0.3) is 0 Å². The lowest BCUT2D eigenvalue weighted by Gasteiger charge is -2.05. The fraction of sp³-hybridized carbons (Fsp3) is 0.889. The number of nitrogens with zero attached hydrogens (tertiary/aromatic N) is 1. The molecule has 0 radical (unpaired) electrons. The van der Waals surface area contributed by atoms with Crippen molar-refractivity contribution < 1.29 is 9.57 Å². The van der Waals surface area contributed by atoms with E-state index in [9.17, 15) is 0 Å². The van der Waals surface area contributed by atoms with Gasteiger partial charge in [-0.2, -0.15) is 0 Å². The van der Waals surface area contributed by atoms with Crippen LogP contribution in [0, 0.1) is 0 Å². The zero-order valence-corrected chi connectivity index (χ0v) is 8.38. The van der Waals surface area contributed by atoms with Crippen LogP contribution in [-0.2, 0) is 9.57 Å². The largest absolute Gasteiger partial charge is 0.479 e. The van der Waals surface area contributed by atoms with Crippen molar-refractivity contribution in [1.82, 2.24) is 5.32 Å². The fourth-order valence-corrected chi connectivity index (χ4v) is 1.16. The maximum Gasteiger partial charge on any atom is 0.229 e. The van der Waals surface area contributed by atoms with Crippen molar-refractivity contribution in [2.45, 2.75) is 32.3 Å². The zero-order chi connectivity index (χ0) is 9.52. The standard InChI is InChI=1S/C9H18N2O2/c1-3-4-5-12-9-6-8(7-10-2)13-11-9/h8,10H,3-7H2,1-2H3. The van der Waals surface area contributed by atoms with E-state index in [1.54, 1.807) is 0 Å². The van der Waals surface area contributed by atoms with Gasteiger partial charge < -0.3 is 14.9 Å². The number of likely N-dealkylation sites (N-methyl/N-ethyl adjacent to an activating group) is 1. The van der Waals surface area contributed by atoms with Gasteiger partial charge >= 0.3 is 0 Å². The third kappa shape index (κ3) is 3.63. The number of oxime groups is 1. The molecule has 13 heavy (non-hydrogen) atoms. The lowest BCUT2D eigenvalue weighted by atomic mass is 10.2. The van der Waals surface area contributed by atoms with Crippen molar-refractivity contribution in [2.24, 2.45) is 5.16 Å². The van der Waals surface area contributed by atoms with Gasteiger partial charge in [0.2, 0.25) is 5.90 Å². The number of hydrogen-bond acceptors (Lipinski definition) is 4. The van der Waals surface area contributed by atoms with Gasteiger partial charge in [-0.3, -0.25) is 0 Å². The highest BCUT2D eigenvalue weighted by molar-refractivity contribution is 5.77. The number of hydrogen-bond donors (Lipinski definition) is 1. The van der Waals surface area contributed by atoms with Crippen LogP contribution in [0.3, 0.4) is 0 Å². The smallest absolute Gasteiger partial charge is 0.229 e. The van der Waals surface area contributed by atoms with Crippen molar-refractivity contribution in [2.75, 3.05) is 20.2 Å². The molecule has 1 rings (SSSR count). The van der Waals surface area contributed by atoms with Gasteiger partial charge in [0.1, 0.15) is 6.10 Å². The van der Waals surface area contributed by atoms with Gasteiger partial charge in [0.05, 0.1) is 13.0 Å². The van der Waals surface area contributed by atoms with E-state index in [1.807, 2.05) is 7.05 Å². The van der Waals surface area contributed by atoms with Crippen LogP contribution >= 0.6 is 0 Å². The van der Waals surface area contributed by atoms with Crippen molar-refractivity contribution in [3.05, 3.63) is 0 Å². The number of rotatable bonds is 5. The van der Waals surface area contributed by atoms with Gasteiger partial charge in [-0.05, 0) is 13.5 Å². The summed E-state index contributed by atoms with van der Waals surface area (Å²) in [6.45, 7) is 3.72. The molecule has 0 spiro atoms. The minimum atomic E-state index is 0.154. The molecule has 0 aliphatic carbocycles. The zero-order valence-electron chi connectivity index (χ0n) is 8.38. The van der Waals surface area contributed by atoms with Crippen LogP contribution in [-0.4, -0.2) is 32.2 Å². The monoisotopic (exact) mass is 186 g/mol. The lowest BCUT2D eigenvalue weighted by Crippen LogP contribution is -2.24. The van der Waals surface area contributed by atoms with E-state index in [0.717, 1.165) is 38.3 Å². The Morgan fingerprint density at radius 1 is 1.69 bits per heavy atom. The minimum Gasteiger partial charge on any atom is -0.479 e. The maximum absolute atomic E-state index is 5.42. The van der Waals surface area contributed by atoms with Gasteiger partial charge in [-0.1, -0.05) is 18.5 Å². The number of nitrogens with one attached hydrogen (secondary N) is 1. The molecule has 0 saturated carbocycles. The van der Waals surface area contributed by atoms with E-state index in [-0.39, 0.29) is 6.10 Å². The third-order valence-electron chi connectivity index (χ3n) is 1.90. The van der Waals surface area contributed by atoms with Gasteiger partial charge in [0, 0.05) is 6.54 Å². The Kier molecular flexibility index (Phi) is 4.60. The molecular formula is C9H18N2O2. The highest BCUT2D eigenvalue weighted by Gasteiger charge is 2.20. The molecule has 4 heteroatoms. The van der Waals surface area contributed by atoms with Gasteiger partial charge in [0.15, 0.2) is 0 Å². The quantitative estimate of drug-likeness (QED) is 0.654. The molecule has 1 aliphatic heterocycles. The fourth-order valence-electron chi connectivity index (χ4n) is 1.16. The van der Waals surface area contributed by atoms with Crippen molar-refractivity contribution >= 4 is 5.90 Å². The van der Waals surface area contributed by atoms with Gasteiger partial charge in [-0.25, -0.2) is 0 Å². The van der Waals surface area contributed by atoms with Gasteiger partial charge in [-0.15, -0.1) is 0 Å². The summed E-state index contributed by atoms with van der Waals surface area (Å²) in [5, 5.41) is 6.91. The number of ether oxygens (including phenoxy) is 1. The van der Waals surface area contributed by atoms with Crippen molar-refractivity contribution in [3.8, 4) is 0 Å². The molecule has 0 fully saturated rings. The molecule has 0 aromatic heterocycles. The maximum atomic E-state index is 5.42. The summed E-state index contributed by atoms with van der Waals surface area (Å²) in [6.07, 6.45) is 3.18. The topological polar surface area (TPSA) is 42.9 Å². The summed E-state index contributed by atoms with van der Waals surface area (Å²) in [4.78, 5) is 5.14. The van der Waals surface area contributed by atoms with E-state index < -0.39 is 0 Å². The molecule has 1 heterocycles. The molecule has 0 aromatic rings. The molecule has 0 saturated heterocycles. The molecule has 1 unspecified atom stereocenters. The minimum absolute atomic E-state index is 0.154. The third-order valence-corrected chi connectivity index (χ3v) is 1.90. The highest BCUT2D eigenvalue weighted by atomic mass is 16.7. The summed E-state index contributed by atoms with van der Waals surface area (Å²) in [7, 11) is 1.90. The molecule has 0 amide bonds. The summed E-state index contributed by atoms with van der Waals surface area (Å²) < 4.78 is 5.42. The Hall–Kier alpha value is -0.770. The molecule has 1 aliphatic rings. The van der Waals surface area contributed by atoms with Crippen molar-refractivity contribution in [3.63, 3.8) is 0 Å². The number of unbranched alkanes of at least 4 members (excludes halogenated alkanes) is 1. The second-order valence-corrected chi connectivity index (χ2v) is 3.18. The Bertz CT molecular complexity index is 171.